The molecule has 0 aromatic heterocycles. The van der Waals surface area contributed by atoms with Crippen LogP contribution < -0.4 is 0 Å². The van der Waals surface area contributed by atoms with Crippen molar-refractivity contribution in [1.82, 2.24) is 0 Å². The second-order valence-corrected chi connectivity index (χ2v) is 1.03. The fourth-order valence-electron chi connectivity index (χ4n) is 0. The van der Waals surface area contributed by atoms with Crippen LogP contribution in [0.2, 0.25) is 0 Å². The number of rotatable bonds is 2. The van der Waals surface area contributed by atoms with Crippen LogP contribution in [0.3, 0.4) is 0 Å². The Labute approximate surface area is 269 Å². The molecule has 0 aromatic rings. The number of hydrogen-bond acceptors (Lipinski definition) is 4. The Balaban J connectivity index is -0.00000000620. The zero-order valence-electron chi connectivity index (χ0n) is 14.3. The SMILES string of the molecule is C=C.C=CO.C=C[C-]=O.C=C[C-]=O.C[C-]=O.[CH3-].[CH3-].[Y].[Y].[Y].[Y].[Y]. The third-order valence-electron chi connectivity index (χ3n) is 0.167. The molecule has 0 atom stereocenters. The van der Waals surface area contributed by atoms with E-state index >= 15 is 0 Å². The topological polar surface area (TPSA) is 71.4 Å². The summed E-state index contributed by atoms with van der Waals surface area (Å²) in [6, 6.07) is 0. The molecule has 5 radical (unpaired) electrons. The van der Waals surface area contributed by atoms with E-state index in [2.05, 4.69) is 32.9 Å². The fourth-order valence-corrected chi connectivity index (χ4v) is 0. The first-order valence-corrected chi connectivity index (χ1v) is 3.67. The Kier molecular flexibility index (Phi) is 619. The molecule has 0 aromatic carbocycles. The van der Waals surface area contributed by atoms with Gasteiger partial charge in [0.15, 0.2) is 0 Å². The predicted molar refractivity (Wildman–Crippen MR) is 80.1 cm³/mol. The fraction of sp³-hybridized carbons (Fsp3) is 0.0714. The van der Waals surface area contributed by atoms with E-state index in [1.165, 1.54) is 25.8 Å². The maximum atomic E-state index is 8.93. The van der Waals surface area contributed by atoms with Gasteiger partial charge in [-0.1, -0.05) is 6.58 Å². The molecule has 0 fully saturated rings. The third-order valence-corrected chi connectivity index (χ3v) is 0.167. The van der Waals surface area contributed by atoms with Gasteiger partial charge in [0.05, 0.1) is 6.26 Å². The van der Waals surface area contributed by atoms with E-state index in [0.717, 1.165) is 18.4 Å². The Hall–Kier alpha value is 3.29. The number of aliphatic hydroxyl groups is 1. The summed E-state index contributed by atoms with van der Waals surface area (Å²) in [7, 11) is 0. The van der Waals surface area contributed by atoms with Crippen molar-refractivity contribution in [3.8, 4) is 0 Å². The van der Waals surface area contributed by atoms with E-state index in [9.17, 15) is 0 Å². The first kappa shape index (κ1) is 82.3. The van der Waals surface area contributed by atoms with Crippen molar-refractivity contribution < 1.29 is 183 Å². The molecule has 0 rings (SSSR count). The predicted octanol–water partition coefficient (Wildman–Crippen LogP) is 3.06. The van der Waals surface area contributed by atoms with E-state index in [4.69, 9.17) is 19.5 Å². The molecular formula is C14H23O4Y5-5. The molecule has 0 unspecified atom stereocenters. The summed E-state index contributed by atoms with van der Waals surface area (Å²) in [4.78, 5) is 26.5. The van der Waals surface area contributed by atoms with Crippen molar-refractivity contribution in [1.29, 1.82) is 0 Å². The molecule has 0 bridgehead atoms. The van der Waals surface area contributed by atoms with Gasteiger partial charge >= 0.3 is 0 Å². The Bertz CT molecular complexity index is 151. The largest absolute Gasteiger partial charge is 0.542 e. The van der Waals surface area contributed by atoms with Crippen LogP contribution in [-0.4, -0.2) is 24.0 Å². The van der Waals surface area contributed by atoms with Crippen LogP contribution in [0.25, 0.3) is 0 Å². The molecule has 0 spiro atoms. The van der Waals surface area contributed by atoms with E-state index in [-0.39, 0.29) is 178 Å². The normalized spacial score (nSPS) is 3.00. The summed E-state index contributed by atoms with van der Waals surface area (Å²) in [6.07, 6.45) is 7.28. The summed E-state index contributed by atoms with van der Waals surface area (Å²) in [5.41, 5.74) is 0. The number of aliphatic hydroxyl groups excluding tert-OH is 1. The second-order valence-electron chi connectivity index (χ2n) is 1.03. The molecule has 9 heteroatoms. The molecule has 0 aliphatic carbocycles. The molecule has 0 saturated heterocycles. The maximum absolute atomic E-state index is 8.93. The van der Waals surface area contributed by atoms with E-state index in [0.29, 0.717) is 0 Å². The van der Waals surface area contributed by atoms with Crippen LogP contribution in [0.1, 0.15) is 6.92 Å². The molecule has 0 aliphatic rings. The van der Waals surface area contributed by atoms with E-state index in [1.807, 2.05) is 0 Å². The van der Waals surface area contributed by atoms with Crippen molar-refractivity contribution in [2.75, 3.05) is 0 Å². The standard InChI is InChI=1S/2C3H3O.C2H4O.C2H3O.C2H4.2CH3.5Y/c2*1-2-3-4;2*1-2-3;1-2;;;;;;;/h2*2H,1H2;2-3H,1H2;1H3;1-2H2;2*1H3;;;;;/q2*-1;;-1;;2*-1;;;;;. The van der Waals surface area contributed by atoms with E-state index in [1.54, 1.807) is 0 Å². The van der Waals surface area contributed by atoms with Gasteiger partial charge in [0, 0.05) is 164 Å². The van der Waals surface area contributed by atoms with Crippen molar-refractivity contribution in [2.24, 2.45) is 0 Å². The zero-order chi connectivity index (χ0) is 14.2. The van der Waals surface area contributed by atoms with Gasteiger partial charge in [-0.15, -0.1) is 13.2 Å². The molecule has 0 saturated carbocycles. The molecule has 4 nitrogen and oxygen atoms in total. The van der Waals surface area contributed by atoms with Crippen LogP contribution in [0.15, 0.2) is 51.3 Å². The monoisotopic (exact) mass is 700 g/mol. The summed E-state index contributed by atoms with van der Waals surface area (Å²) in [6.45, 7) is 16.3. The Morgan fingerprint density at radius 2 is 0.783 bits per heavy atom. The van der Waals surface area contributed by atoms with Crippen LogP contribution in [0.5, 0.6) is 0 Å². The van der Waals surface area contributed by atoms with Crippen molar-refractivity contribution >= 4 is 18.9 Å². The average molecular weight is 700 g/mol. The second kappa shape index (κ2) is 173. The number of allylic oxidation sites excluding steroid dienone is 2. The Morgan fingerprint density at radius 1 is 0.739 bits per heavy atom. The minimum atomic E-state index is 0. The van der Waals surface area contributed by atoms with Gasteiger partial charge in [0.2, 0.25) is 0 Å². The molecule has 0 aliphatic heterocycles. The van der Waals surface area contributed by atoms with Crippen molar-refractivity contribution in [2.45, 2.75) is 6.92 Å². The van der Waals surface area contributed by atoms with Crippen molar-refractivity contribution in [3.05, 3.63) is 66.2 Å². The van der Waals surface area contributed by atoms with Gasteiger partial charge in [-0.3, -0.25) is 6.29 Å². The van der Waals surface area contributed by atoms with Crippen LogP contribution in [0.4, 0.5) is 0 Å². The molecule has 1 N–H and O–H groups in total. The van der Waals surface area contributed by atoms with Crippen LogP contribution in [-0.2, 0) is 178 Å². The summed E-state index contributed by atoms with van der Waals surface area (Å²) in [5, 5.41) is 7.33. The quantitative estimate of drug-likeness (QED) is 0.208. The van der Waals surface area contributed by atoms with Crippen LogP contribution in [0, 0.1) is 14.9 Å². The molecular weight excluding hydrogens is 677 g/mol. The van der Waals surface area contributed by atoms with Crippen molar-refractivity contribution in [3.63, 3.8) is 0 Å². The minimum Gasteiger partial charge on any atom is -0.542 e. The van der Waals surface area contributed by atoms with Gasteiger partial charge in [-0.25, -0.2) is 25.3 Å². The first-order chi connectivity index (χ1) is 7.66. The smallest absolute Gasteiger partial charge is 0.0719 e. The first-order valence-electron chi connectivity index (χ1n) is 3.67. The van der Waals surface area contributed by atoms with Gasteiger partial charge in [0.1, 0.15) is 0 Å². The van der Waals surface area contributed by atoms with E-state index < -0.39 is 0 Å². The average Bonchev–Trinajstić information content (AvgIpc) is 2.33. The summed E-state index contributed by atoms with van der Waals surface area (Å²) >= 11 is 0. The maximum Gasteiger partial charge on any atom is 0.0719 e. The molecule has 0 heterocycles. The third kappa shape index (κ3) is 490. The van der Waals surface area contributed by atoms with Gasteiger partial charge in [-0.05, 0) is 12.6 Å². The molecule has 0 amide bonds. The number of hydrogen-bond donors (Lipinski definition) is 1. The minimum absolute atomic E-state index is 0. The number of carbonyl (C=O) groups excluding carboxylic acids is 3. The van der Waals surface area contributed by atoms with Gasteiger partial charge in [0.25, 0.3) is 0 Å². The summed E-state index contributed by atoms with van der Waals surface area (Å²) in [5.74, 6) is 0. The summed E-state index contributed by atoms with van der Waals surface area (Å²) < 4.78 is 0. The van der Waals surface area contributed by atoms with Crippen LogP contribution >= 0.6 is 0 Å². The Morgan fingerprint density at radius 3 is 0.783 bits per heavy atom. The molecule has 123 valence electrons. The van der Waals surface area contributed by atoms with Gasteiger partial charge < -0.3 is 34.3 Å². The molecule has 23 heavy (non-hydrogen) atoms. The zero-order valence-corrected chi connectivity index (χ0v) is 28.5. The van der Waals surface area contributed by atoms with Gasteiger partial charge in [-0.2, -0.15) is 6.92 Å².